The minimum Gasteiger partial charge on any atom is -0.335 e. The molecule has 0 atom stereocenters. The highest BCUT2D eigenvalue weighted by atomic mass is 32.2. The van der Waals surface area contributed by atoms with Crippen LogP contribution in [0.5, 0.6) is 0 Å². The van der Waals surface area contributed by atoms with Crippen LogP contribution in [-0.4, -0.2) is 37.9 Å². The second-order valence-corrected chi connectivity index (χ2v) is 10.5. The first-order valence-electron chi connectivity index (χ1n) is 9.99. The van der Waals surface area contributed by atoms with E-state index >= 15 is 0 Å². The lowest BCUT2D eigenvalue weighted by atomic mass is 9.87. The smallest absolute Gasteiger partial charge is 0.319 e. The lowest BCUT2D eigenvalue weighted by Gasteiger charge is -2.31. The van der Waals surface area contributed by atoms with E-state index in [2.05, 4.69) is 31.4 Å². The predicted molar refractivity (Wildman–Crippen MR) is 115 cm³/mol. The minimum absolute atomic E-state index is 0.0433. The molecular formula is C22H28FN3O3S. The van der Waals surface area contributed by atoms with Crippen molar-refractivity contribution in [2.75, 3.05) is 18.4 Å². The molecule has 0 aromatic heterocycles. The summed E-state index contributed by atoms with van der Waals surface area (Å²) in [4.78, 5) is 12.4. The minimum atomic E-state index is -3.57. The number of carbonyl (C=O) groups is 1. The molecule has 30 heavy (non-hydrogen) atoms. The van der Waals surface area contributed by atoms with Gasteiger partial charge in [0.25, 0.3) is 0 Å². The lowest BCUT2D eigenvalue weighted by Crippen LogP contribution is -2.47. The molecule has 1 saturated heterocycles. The molecule has 0 unspecified atom stereocenters. The molecule has 0 spiro atoms. The molecule has 0 bridgehead atoms. The van der Waals surface area contributed by atoms with Crippen molar-refractivity contribution in [1.82, 2.24) is 9.62 Å². The van der Waals surface area contributed by atoms with Gasteiger partial charge >= 0.3 is 6.03 Å². The summed E-state index contributed by atoms with van der Waals surface area (Å²) in [5.41, 5.74) is 1.40. The highest BCUT2D eigenvalue weighted by molar-refractivity contribution is 7.89. The molecule has 0 saturated carbocycles. The van der Waals surface area contributed by atoms with Crippen LogP contribution in [0.3, 0.4) is 0 Å². The fraction of sp³-hybridized carbons (Fsp3) is 0.409. The van der Waals surface area contributed by atoms with Crippen molar-refractivity contribution < 1.29 is 17.6 Å². The molecule has 2 N–H and O–H groups in total. The van der Waals surface area contributed by atoms with Gasteiger partial charge in [-0.05, 0) is 54.2 Å². The number of sulfonamides is 1. The van der Waals surface area contributed by atoms with Gasteiger partial charge in [-0.25, -0.2) is 17.6 Å². The second-order valence-electron chi connectivity index (χ2n) is 8.56. The van der Waals surface area contributed by atoms with Gasteiger partial charge < -0.3 is 10.6 Å². The summed E-state index contributed by atoms with van der Waals surface area (Å²) in [5.74, 6) is -0.429. The SMILES string of the molecule is CC(C)(C)c1ccc(S(=O)(=O)N2CCC(NC(=O)Nc3cccc(F)c3)CC2)cc1. The van der Waals surface area contributed by atoms with Crippen LogP contribution in [0.4, 0.5) is 14.9 Å². The molecule has 162 valence electrons. The zero-order valence-corrected chi connectivity index (χ0v) is 18.3. The Morgan fingerprint density at radius 1 is 1.07 bits per heavy atom. The van der Waals surface area contributed by atoms with Gasteiger partial charge in [-0.2, -0.15) is 4.31 Å². The van der Waals surface area contributed by atoms with Crippen LogP contribution < -0.4 is 10.6 Å². The van der Waals surface area contributed by atoms with Crippen LogP contribution in [0.15, 0.2) is 53.4 Å². The number of nitrogens with one attached hydrogen (secondary N) is 2. The first kappa shape index (κ1) is 22.2. The summed E-state index contributed by atoms with van der Waals surface area (Å²) in [6.45, 7) is 6.90. The number of anilines is 1. The van der Waals surface area contributed by atoms with Crippen LogP contribution in [0.2, 0.25) is 0 Å². The van der Waals surface area contributed by atoms with Crippen molar-refractivity contribution in [3.63, 3.8) is 0 Å². The third-order valence-corrected chi connectivity index (χ3v) is 7.14. The summed E-state index contributed by atoms with van der Waals surface area (Å²) < 4.78 is 40.6. The molecular weight excluding hydrogens is 405 g/mol. The molecule has 1 aliphatic rings. The van der Waals surface area contributed by atoms with Gasteiger partial charge in [-0.1, -0.05) is 39.0 Å². The zero-order chi connectivity index (χ0) is 21.9. The number of hydrogen-bond acceptors (Lipinski definition) is 3. The molecule has 3 rings (SSSR count). The Hall–Kier alpha value is -2.45. The number of hydrogen-bond donors (Lipinski definition) is 2. The zero-order valence-electron chi connectivity index (χ0n) is 17.5. The summed E-state index contributed by atoms with van der Waals surface area (Å²) in [6, 6.07) is 12.1. The fourth-order valence-electron chi connectivity index (χ4n) is 3.44. The maximum absolute atomic E-state index is 13.2. The van der Waals surface area contributed by atoms with E-state index in [9.17, 15) is 17.6 Å². The number of rotatable bonds is 4. The molecule has 1 fully saturated rings. The van der Waals surface area contributed by atoms with Crippen molar-refractivity contribution in [3.8, 4) is 0 Å². The largest absolute Gasteiger partial charge is 0.335 e. The van der Waals surface area contributed by atoms with Crippen molar-refractivity contribution >= 4 is 21.7 Å². The summed E-state index contributed by atoms with van der Waals surface area (Å²) >= 11 is 0. The number of piperidine rings is 1. The fourth-order valence-corrected chi connectivity index (χ4v) is 4.90. The third-order valence-electron chi connectivity index (χ3n) is 5.23. The Morgan fingerprint density at radius 2 is 1.70 bits per heavy atom. The molecule has 2 aromatic rings. The molecule has 6 nitrogen and oxygen atoms in total. The van der Waals surface area contributed by atoms with Crippen LogP contribution in [0, 0.1) is 5.82 Å². The first-order chi connectivity index (χ1) is 14.1. The molecule has 0 radical (unpaired) electrons. The Kier molecular flexibility index (Phi) is 6.47. The number of urea groups is 1. The molecule has 2 aromatic carbocycles. The summed E-state index contributed by atoms with van der Waals surface area (Å²) in [5, 5.41) is 5.42. The molecule has 1 heterocycles. The number of amides is 2. The molecule has 0 aliphatic carbocycles. The van der Waals surface area contributed by atoms with Crippen molar-refractivity contribution in [2.45, 2.75) is 50.0 Å². The van der Waals surface area contributed by atoms with Gasteiger partial charge in [-0.3, -0.25) is 0 Å². The Balaban J connectivity index is 1.56. The first-order valence-corrected chi connectivity index (χ1v) is 11.4. The van der Waals surface area contributed by atoms with Gasteiger partial charge in [0.2, 0.25) is 10.0 Å². The van der Waals surface area contributed by atoms with E-state index < -0.39 is 21.9 Å². The van der Waals surface area contributed by atoms with Crippen molar-refractivity contribution in [2.24, 2.45) is 0 Å². The summed E-state index contributed by atoms with van der Waals surface area (Å²) in [6.07, 6.45) is 1.02. The Bertz CT molecular complexity index is 993. The van der Waals surface area contributed by atoms with Crippen LogP contribution >= 0.6 is 0 Å². The average molecular weight is 434 g/mol. The van der Waals surface area contributed by atoms with Crippen molar-refractivity contribution in [3.05, 3.63) is 59.9 Å². The van der Waals surface area contributed by atoms with Gasteiger partial charge in [0.15, 0.2) is 0 Å². The highest BCUT2D eigenvalue weighted by Crippen LogP contribution is 2.26. The average Bonchev–Trinajstić information content (AvgIpc) is 2.68. The Labute approximate surface area is 177 Å². The van der Waals surface area contributed by atoms with E-state index in [0.29, 0.717) is 31.6 Å². The number of carbonyl (C=O) groups excluding carboxylic acids is 1. The van der Waals surface area contributed by atoms with Gasteiger partial charge in [-0.15, -0.1) is 0 Å². The Morgan fingerprint density at radius 3 is 2.27 bits per heavy atom. The van der Waals surface area contributed by atoms with E-state index in [-0.39, 0.29) is 16.4 Å². The van der Waals surface area contributed by atoms with E-state index in [1.165, 1.54) is 22.5 Å². The van der Waals surface area contributed by atoms with E-state index in [4.69, 9.17) is 0 Å². The molecule has 8 heteroatoms. The van der Waals surface area contributed by atoms with Crippen LogP contribution in [0.25, 0.3) is 0 Å². The van der Waals surface area contributed by atoms with Gasteiger partial charge in [0.1, 0.15) is 5.82 Å². The van der Waals surface area contributed by atoms with Gasteiger partial charge in [0.05, 0.1) is 4.90 Å². The monoisotopic (exact) mass is 433 g/mol. The van der Waals surface area contributed by atoms with Crippen LogP contribution in [0.1, 0.15) is 39.2 Å². The normalized spacial score (nSPS) is 16.3. The molecule has 2 amide bonds. The number of benzene rings is 2. The van der Waals surface area contributed by atoms with E-state index in [0.717, 1.165) is 5.56 Å². The van der Waals surface area contributed by atoms with Crippen molar-refractivity contribution in [1.29, 1.82) is 0 Å². The lowest BCUT2D eigenvalue weighted by molar-refractivity contribution is 0.238. The molecule has 1 aliphatic heterocycles. The third kappa shape index (κ3) is 5.37. The topological polar surface area (TPSA) is 78.5 Å². The maximum Gasteiger partial charge on any atom is 0.319 e. The highest BCUT2D eigenvalue weighted by Gasteiger charge is 2.30. The number of halogens is 1. The van der Waals surface area contributed by atoms with Crippen LogP contribution in [-0.2, 0) is 15.4 Å². The predicted octanol–water partition coefficient (Wildman–Crippen LogP) is 4.10. The summed E-state index contributed by atoms with van der Waals surface area (Å²) in [7, 11) is -3.57. The van der Waals surface area contributed by atoms with E-state index in [1.807, 2.05) is 12.1 Å². The standard InChI is InChI=1S/C22H28FN3O3S/c1-22(2,3)16-7-9-20(10-8-16)30(28,29)26-13-11-18(12-14-26)24-21(27)25-19-6-4-5-17(23)15-19/h4-10,15,18H,11-14H2,1-3H3,(H2,24,25,27). The second kappa shape index (κ2) is 8.73. The maximum atomic E-state index is 13.2. The van der Waals surface area contributed by atoms with E-state index in [1.54, 1.807) is 18.2 Å². The van der Waals surface area contributed by atoms with Gasteiger partial charge in [0, 0.05) is 24.8 Å². The quantitative estimate of drug-likeness (QED) is 0.762. The number of nitrogens with zero attached hydrogens (tertiary/aromatic N) is 1.